The van der Waals surface area contributed by atoms with Gasteiger partial charge in [0.1, 0.15) is 0 Å². The van der Waals surface area contributed by atoms with Crippen LogP contribution in [0.3, 0.4) is 0 Å². The summed E-state index contributed by atoms with van der Waals surface area (Å²) in [6, 6.07) is 12.7. The molecule has 0 spiro atoms. The van der Waals surface area contributed by atoms with Crippen LogP contribution in [0.15, 0.2) is 53.4 Å². The number of hydrogen-bond acceptors (Lipinski definition) is 3. The van der Waals surface area contributed by atoms with E-state index in [1.54, 1.807) is 18.2 Å². The molecule has 5 nitrogen and oxygen atoms in total. The first-order valence-electron chi connectivity index (χ1n) is 7.24. The van der Waals surface area contributed by atoms with E-state index in [9.17, 15) is 13.2 Å². The van der Waals surface area contributed by atoms with Gasteiger partial charge >= 0.3 is 0 Å². The van der Waals surface area contributed by atoms with Gasteiger partial charge in [0.2, 0.25) is 15.9 Å². The fraction of sp³-hybridized carbons (Fsp3) is 0.235. The van der Waals surface area contributed by atoms with Gasteiger partial charge in [-0.15, -0.1) is 0 Å². The lowest BCUT2D eigenvalue weighted by Gasteiger charge is -2.15. The average Bonchev–Trinajstić information content (AvgIpc) is 2.46. The van der Waals surface area contributed by atoms with Crippen LogP contribution < -0.4 is 10.0 Å². The van der Waals surface area contributed by atoms with Crippen molar-refractivity contribution in [3.63, 3.8) is 0 Å². The summed E-state index contributed by atoms with van der Waals surface area (Å²) in [6.45, 7) is 5.38. The molecule has 0 fully saturated rings. The van der Waals surface area contributed by atoms with Crippen molar-refractivity contribution in [1.82, 2.24) is 4.72 Å². The Morgan fingerprint density at radius 2 is 1.57 bits per heavy atom. The van der Waals surface area contributed by atoms with Crippen molar-refractivity contribution in [2.45, 2.75) is 31.7 Å². The van der Waals surface area contributed by atoms with Gasteiger partial charge in [0.15, 0.2) is 0 Å². The van der Waals surface area contributed by atoms with Crippen LogP contribution in [0.25, 0.3) is 0 Å². The lowest BCUT2D eigenvalue weighted by atomic mass is 10.1. The van der Waals surface area contributed by atoms with Gasteiger partial charge in [-0.3, -0.25) is 4.79 Å². The van der Waals surface area contributed by atoms with Crippen LogP contribution in [0.5, 0.6) is 0 Å². The molecule has 0 radical (unpaired) electrons. The number of nitrogens with one attached hydrogen (secondary N) is 2. The van der Waals surface area contributed by atoms with Crippen molar-refractivity contribution < 1.29 is 13.2 Å². The third-order valence-electron chi connectivity index (χ3n) is 3.27. The molecule has 0 heterocycles. The zero-order valence-electron chi connectivity index (χ0n) is 13.3. The highest BCUT2D eigenvalue weighted by Gasteiger charge is 2.21. The lowest BCUT2D eigenvalue weighted by Crippen LogP contribution is -2.41. The average molecular weight is 332 g/mol. The molecular formula is C17H20N2O3S. The van der Waals surface area contributed by atoms with Gasteiger partial charge in [0.25, 0.3) is 0 Å². The van der Waals surface area contributed by atoms with E-state index in [2.05, 4.69) is 10.0 Å². The predicted octanol–water partition coefficient (Wildman–Crippen LogP) is 2.61. The first-order chi connectivity index (χ1) is 10.8. The lowest BCUT2D eigenvalue weighted by molar-refractivity contribution is -0.117. The summed E-state index contributed by atoms with van der Waals surface area (Å²) in [7, 11) is -3.72. The number of hydrogen-bond donors (Lipinski definition) is 2. The van der Waals surface area contributed by atoms with Gasteiger partial charge in [-0.1, -0.05) is 24.3 Å². The molecule has 0 aliphatic rings. The van der Waals surface area contributed by atoms with E-state index in [0.717, 1.165) is 11.1 Å². The molecule has 1 unspecified atom stereocenters. The largest absolute Gasteiger partial charge is 0.325 e. The number of amides is 1. The van der Waals surface area contributed by atoms with E-state index in [0.29, 0.717) is 5.69 Å². The Morgan fingerprint density at radius 3 is 2.13 bits per heavy atom. The van der Waals surface area contributed by atoms with Gasteiger partial charge < -0.3 is 5.32 Å². The van der Waals surface area contributed by atoms with E-state index in [1.165, 1.54) is 19.1 Å². The van der Waals surface area contributed by atoms with Crippen LogP contribution >= 0.6 is 0 Å². The van der Waals surface area contributed by atoms with Gasteiger partial charge in [0.05, 0.1) is 10.9 Å². The molecule has 0 aromatic heterocycles. The first-order valence-corrected chi connectivity index (χ1v) is 8.73. The van der Waals surface area contributed by atoms with Crippen LogP contribution in [0, 0.1) is 13.8 Å². The maximum atomic E-state index is 12.2. The van der Waals surface area contributed by atoms with E-state index in [1.807, 2.05) is 32.0 Å². The Balaban J connectivity index is 2.08. The van der Waals surface area contributed by atoms with Crippen molar-refractivity contribution in [3.05, 3.63) is 59.7 Å². The molecule has 1 atom stereocenters. The predicted molar refractivity (Wildman–Crippen MR) is 90.8 cm³/mol. The Kier molecular flexibility index (Phi) is 5.18. The number of rotatable bonds is 5. The number of anilines is 1. The second-order valence-electron chi connectivity index (χ2n) is 5.52. The molecule has 0 saturated heterocycles. The highest BCUT2D eigenvalue weighted by atomic mass is 32.2. The summed E-state index contributed by atoms with van der Waals surface area (Å²) in [5.74, 6) is -0.408. The fourth-order valence-corrected chi connectivity index (χ4v) is 3.48. The van der Waals surface area contributed by atoms with Crippen LogP contribution in [0.4, 0.5) is 5.69 Å². The highest BCUT2D eigenvalue weighted by Crippen LogP contribution is 2.14. The topological polar surface area (TPSA) is 75.3 Å². The minimum Gasteiger partial charge on any atom is -0.325 e. The summed E-state index contributed by atoms with van der Waals surface area (Å²) in [4.78, 5) is 12.3. The second-order valence-corrected chi connectivity index (χ2v) is 7.24. The maximum Gasteiger partial charge on any atom is 0.242 e. The Bertz CT molecular complexity index is 782. The van der Waals surface area contributed by atoms with Crippen LogP contribution in [-0.2, 0) is 14.8 Å². The van der Waals surface area contributed by atoms with E-state index < -0.39 is 22.0 Å². The van der Waals surface area contributed by atoms with Crippen LogP contribution in [0.2, 0.25) is 0 Å². The summed E-state index contributed by atoms with van der Waals surface area (Å²) in [5, 5.41) is 2.73. The molecular weight excluding hydrogens is 312 g/mol. The van der Waals surface area contributed by atoms with Gasteiger partial charge in [-0.05, 0) is 56.2 Å². The minimum atomic E-state index is -3.72. The van der Waals surface area contributed by atoms with Crippen LogP contribution in [-0.4, -0.2) is 20.4 Å². The first kappa shape index (κ1) is 17.2. The molecule has 0 bridgehead atoms. The quantitative estimate of drug-likeness (QED) is 0.884. The Hall–Kier alpha value is -2.18. The number of aryl methyl sites for hydroxylation is 2. The van der Waals surface area contributed by atoms with Crippen molar-refractivity contribution in [3.8, 4) is 0 Å². The van der Waals surface area contributed by atoms with Crippen molar-refractivity contribution in [2.24, 2.45) is 0 Å². The molecule has 122 valence electrons. The third kappa shape index (κ3) is 4.64. The number of carbonyl (C=O) groups excluding carboxylic acids is 1. The summed E-state index contributed by atoms with van der Waals surface area (Å²) >= 11 is 0. The molecule has 2 N–H and O–H groups in total. The standard InChI is InChI=1S/C17H20N2O3S/c1-12-9-13(2)11-15(10-12)18-17(20)14(3)19-23(21,22)16-7-5-4-6-8-16/h4-11,14,19H,1-3H3,(H,18,20). The minimum absolute atomic E-state index is 0.131. The molecule has 2 rings (SSSR count). The molecule has 0 aliphatic carbocycles. The smallest absolute Gasteiger partial charge is 0.242 e. The number of benzene rings is 2. The Morgan fingerprint density at radius 1 is 1.00 bits per heavy atom. The van der Waals surface area contributed by atoms with Crippen molar-refractivity contribution >= 4 is 21.6 Å². The van der Waals surface area contributed by atoms with Crippen molar-refractivity contribution in [1.29, 1.82) is 0 Å². The summed E-state index contributed by atoms with van der Waals surface area (Å²) < 4.78 is 26.8. The van der Waals surface area contributed by atoms with Crippen LogP contribution in [0.1, 0.15) is 18.1 Å². The monoisotopic (exact) mass is 332 g/mol. The molecule has 0 aliphatic heterocycles. The molecule has 2 aromatic rings. The van der Waals surface area contributed by atoms with E-state index in [4.69, 9.17) is 0 Å². The zero-order chi connectivity index (χ0) is 17.0. The van der Waals surface area contributed by atoms with Crippen molar-refractivity contribution in [2.75, 3.05) is 5.32 Å². The maximum absolute atomic E-state index is 12.2. The Labute approximate surface area is 136 Å². The summed E-state index contributed by atoms with van der Waals surface area (Å²) in [6.07, 6.45) is 0. The van der Waals surface area contributed by atoms with E-state index >= 15 is 0 Å². The molecule has 6 heteroatoms. The third-order valence-corrected chi connectivity index (χ3v) is 4.82. The fourth-order valence-electron chi connectivity index (χ4n) is 2.25. The molecule has 0 saturated carbocycles. The SMILES string of the molecule is Cc1cc(C)cc(NC(=O)C(C)NS(=O)(=O)c2ccccc2)c1. The molecule has 23 heavy (non-hydrogen) atoms. The van der Waals surface area contributed by atoms with Gasteiger partial charge in [-0.25, -0.2) is 8.42 Å². The zero-order valence-corrected chi connectivity index (χ0v) is 14.1. The van der Waals surface area contributed by atoms with E-state index in [-0.39, 0.29) is 4.90 Å². The number of carbonyl (C=O) groups is 1. The number of sulfonamides is 1. The second kappa shape index (κ2) is 6.93. The molecule has 1 amide bonds. The highest BCUT2D eigenvalue weighted by molar-refractivity contribution is 7.89. The van der Waals surface area contributed by atoms with Gasteiger partial charge in [0, 0.05) is 5.69 Å². The normalized spacial score (nSPS) is 12.7. The summed E-state index contributed by atoms with van der Waals surface area (Å²) in [5.41, 5.74) is 2.70. The molecule has 2 aromatic carbocycles. The van der Waals surface area contributed by atoms with Gasteiger partial charge in [-0.2, -0.15) is 4.72 Å².